The standard InChI is InChI=1S/C22H17ClN2O2S2/c23-19-6-1-4-17(14-19)16-8-10-20(11-9-16)29(26,27)25-15-18-5-2-12-24-22(18)21-7-3-13-28-21/h1-14,25H,15H2. The summed E-state index contributed by atoms with van der Waals surface area (Å²) in [4.78, 5) is 5.63. The Morgan fingerprint density at radius 1 is 0.931 bits per heavy atom. The van der Waals surface area contributed by atoms with Crippen LogP contribution in [0.4, 0.5) is 0 Å². The molecule has 0 radical (unpaired) electrons. The van der Waals surface area contributed by atoms with Crippen molar-refractivity contribution in [1.29, 1.82) is 0 Å². The Bertz CT molecular complexity index is 1220. The van der Waals surface area contributed by atoms with Crippen molar-refractivity contribution in [2.75, 3.05) is 0 Å². The van der Waals surface area contributed by atoms with E-state index in [9.17, 15) is 8.42 Å². The molecule has 0 atom stereocenters. The number of aromatic nitrogens is 1. The Morgan fingerprint density at radius 3 is 2.48 bits per heavy atom. The van der Waals surface area contributed by atoms with Crippen LogP contribution in [0.3, 0.4) is 0 Å². The van der Waals surface area contributed by atoms with Crippen molar-refractivity contribution in [3.63, 3.8) is 0 Å². The second-order valence-corrected chi connectivity index (χ2v) is 9.50. The lowest BCUT2D eigenvalue weighted by atomic mass is 10.1. The first kappa shape index (κ1) is 19.8. The van der Waals surface area contributed by atoms with Crippen molar-refractivity contribution in [2.24, 2.45) is 0 Å². The minimum atomic E-state index is -3.65. The van der Waals surface area contributed by atoms with Gasteiger partial charge in [0.05, 0.1) is 15.5 Å². The van der Waals surface area contributed by atoms with Gasteiger partial charge in [-0.3, -0.25) is 4.98 Å². The fraction of sp³-hybridized carbons (Fsp3) is 0.0455. The fourth-order valence-electron chi connectivity index (χ4n) is 2.97. The molecule has 0 aliphatic carbocycles. The minimum Gasteiger partial charge on any atom is -0.255 e. The van der Waals surface area contributed by atoms with E-state index in [-0.39, 0.29) is 11.4 Å². The van der Waals surface area contributed by atoms with E-state index in [0.717, 1.165) is 27.3 Å². The molecule has 0 saturated carbocycles. The molecule has 0 fully saturated rings. The number of benzene rings is 2. The van der Waals surface area contributed by atoms with Gasteiger partial charge >= 0.3 is 0 Å². The van der Waals surface area contributed by atoms with Crippen LogP contribution in [0.25, 0.3) is 21.7 Å². The zero-order chi connectivity index (χ0) is 20.3. The molecule has 2 aromatic carbocycles. The van der Waals surface area contributed by atoms with Gasteiger partial charge in [0.2, 0.25) is 10.0 Å². The average molecular weight is 441 g/mol. The summed E-state index contributed by atoms with van der Waals surface area (Å²) in [5.41, 5.74) is 3.46. The van der Waals surface area contributed by atoms with Gasteiger partial charge in [0.25, 0.3) is 0 Å². The Labute approximate surface area is 178 Å². The first-order valence-corrected chi connectivity index (χ1v) is 11.6. The van der Waals surface area contributed by atoms with Gasteiger partial charge in [0, 0.05) is 17.8 Å². The minimum absolute atomic E-state index is 0.166. The topological polar surface area (TPSA) is 59.1 Å². The highest BCUT2D eigenvalue weighted by atomic mass is 35.5. The molecule has 0 bridgehead atoms. The number of sulfonamides is 1. The van der Waals surface area contributed by atoms with Gasteiger partial charge in [0.1, 0.15) is 0 Å². The molecule has 29 heavy (non-hydrogen) atoms. The van der Waals surface area contributed by atoms with Crippen LogP contribution in [0.2, 0.25) is 5.02 Å². The van der Waals surface area contributed by atoms with Crippen LogP contribution in [0.5, 0.6) is 0 Å². The Hall–Kier alpha value is -2.51. The van der Waals surface area contributed by atoms with Crippen LogP contribution in [-0.2, 0) is 16.6 Å². The largest absolute Gasteiger partial charge is 0.255 e. The van der Waals surface area contributed by atoms with E-state index >= 15 is 0 Å². The highest BCUT2D eigenvalue weighted by Crippen LogP contribution is 2.27. The van der Waals surface area contributed by atoms with Gasteiger partial charge in [-0.1, -0.05) is 48.0 Å². The van der Waals surface area contributed by atoms with Gasteiger partial charge in [-0.25, -0.2) is 13.1 Å². The maximum atomic E-state index is 12.8. The van der Waals surface area contributed by atoms with Gasteiger partial charge in [-0.2, -0.15) is 0 Å². The Morgan fingerprint density at radius 2 is 1.76 bits per heavy atom. The maximum absolute atomic E-state index is 12.8. The molecule has 0 spiro atoms. The lowest BCUT2D eigenvalue weighted by molar-refractivity contribution is 0.581. The van der Waals surface area contributed by atoms with E-state index in [2.05, 4.69) is 9.71 Å². The first-order valence-electron chi connectivity index (χ1n) is 8.86. The first-order chi connectivity index (χ1) is 14.0. The summed E-state index contributed by atoms with van der Waals surface area (Å²) in [6, 6.07) is 21.8. The summed E-state index contributed by atoms with van der Waals surface area (Å²) in [6.45, 7) is 0.166. The summed E-state index contributed by atoms with van der Waals surface area (Å²) >= 11 is 7.61. The highest BCUT2D eigenvalue weighted by Gasteiger charge is 2.16. The van der Waals surface area contributed by atoms with Gasteiger partial charge in [0.15, 0.2) is 0 Å². The van der Waals surface area contributed by atoms with Crippen LogP contribution in [0.1, 0.15) is 5.56 Å². The summed E-state index contributed by atoms with van der Waals surface area (Å²) in [7, 11) is -3.65. The van der Waals surface area contributed by atoms with Gasteiger partial charge in [-0.15, -0.1) is 11.3 Å². The Kier molecular flexibility index (Phi) is 5.78. The third kappa shape index (κ3) is 4.57. The van der Waals surface area contributed by atoms with Crippen LogP contribution in [-0.4, -0.2) is 13.4 Å². The molecule has 0 amide bonds. The fourth-order valence-corrected chi connectivity index (χ4v) is 4.92. The van der Waals surface area contributed by atoms with E-state index in [4.69, 9.17) is 11.6 Å². The van der Waals surface area contributed by atoms with E-state index in [1.807, 2.05) is 41.8 Å². The molecule has 4 nitrogen and oxygen atoms in total. The molecule has 2 heterocycles. The second-order valence-electron chi connectivity index (χ2n) is 6.35. The number of rotatable bonds is 6. The number of pyridine rings is 1. The van der Waals surface area contributed by atoms with Crippen molar-refractivity contribution >= 4 is 33.0 Å². The quantitative estimate of drug-likeness (QED) is 0.424. The molecule has 7 heteroatoms. The lowest BCUT2D eigenvalue weighted by Crippen LogP contribution is -2.23. The highest BCUT2D eigenvalue weighted by molar-refractivity contribution is 7.89. The van der Waals surface area contributed by atoms with Crippen LogP contribution < -0.4 is 4.72 Å². The summed E-state index contributed by atoms with van der Waals surface area (Å²) in [5, 5.41) is 2.61. The van der Waals surface area contributed by atoms with E-state index < -0.39 is 10.0 Å². The third-order valence-corrected chi connectivity index (χ3v) is 6.95. The number of hydrogen-bond acceptors (Lipinski definition) is 4. The molecule has 4 rings (SSSR count). The lowest BCUT2D eigenvalue weighted by Gasteiger charge is -2.10. The van der Waals surface area contributed by atoms with Crippen LogP contribution >= 0.6 is 22.9 Å². The molecular weight excluding hydrogens is 424 g/mol. The number of thiophene rings is 1. The third-order valence-electron chi connectivity index (χ3n) is 4.42. The molecule has 0 aliphatic rings. The number of nitrogens with one attached hydrogen (secondary N) is 1. The van der Waals surface area contributed by atoms with Crippen LogP contribution in [0.15, 0.2) is 89.3 Å². The van der Waals surface area contributed by atoms with Crippen molar-refractivity contribution in [3.05, 3.63) is 95.0 Å². The number of nitrogens with zero attached hydrogens (tertiary/aromatic N) is 1. The molecular formula is C22H17ClN2O2S2. The number of hydrogen-bond donors (Lipinski definition) is 1. The SMILES string of the molecule is O=S(=O)(NCc1cccnc1-c1cccs1)c1ccc(-c2cccc(Cl)c2)cc1. The normalized spacial score (nSPS) is 11.5. The molecule has 0 aliphatic heterocycles. The van der Waals surface area contributed by atoms with Gasteiger partial charge < -0.3 is 0 Å². The van der Waals surface area contributed by atoms with Crippen molar-refractivity contribution in [2.45, 2.75) is 11.4 Å². The predicted molar refractivity (Wildman–Crippen MR) is 118 cm³/mol. The van der Waals surface area contributed by atoms with E-state index in [1.165, 1.54) is 0 Å². The van der Waals surface area contributed by atoms with Crippen LogP contribution in [0, 0.1) is 0 Å². The average Bonchev–Trinajstić information content (AvgIpc) is 3.27. The van der Waals surface area contributed by atoms with Crippen molar-refractivity contribution < 1.29 is 8.42 Å². The van der Waals surface area contributed by atoms with Crippen molar-refractivity contribution in [1.82, 2.24) is 9.71 Å². The van der Waals surface area contributed by atoms with Gasteiger partial charge in [-0.05, 0) is 58.5 Å². The second kappa shape index (κ2) is 8.47. The molecule has 4 aromatic rings. The summed E-state index contributed by atoms with van der Waals surface area (Å²) < 4.78 is 28.2. The molecule has 1 N–H and O–H groups in total. The molecule has 2 aromatic heterocycles. The molecule has 0 unspecified atom stereocenters. The smallest absolute Gasteiger partial charge is 0.240 e. The summed E-state index contributed by atoms with van der Waals surface area (Å²) in [6.07, 6.45) is 1.71. The van der Waals surface area contributed by atoms with Crippen molar-refractivity contribution in [3.8, 4) is 21.7 Å². The molecule has 0 saturated heterocycles. The zero-order valence-corrected chi connectivity index (χ0v) is 17.6. The monoisotopic (exact) mass is 440 g/mol. The zero-order valence-electron chi connectivity index (χ0n) is 15.2. The Balaban J connectivity index is 1.53. The maximum Gasteiger partial charge on any atom is 0.240 e. The molecule has 146 valence electrons. The van der Waals surface area contributed by atoms with E-state index in [1.54, 1.807) is 53.9 Å². The summed E-state index contributed by atoms with van der Waals surface area (Å²) in [5.74, 6) is 0. The predicted octanol–water partition coefficient (Wildman–Crippen LogP) is 5.61. The van der Waals surface area contributed by atoms with E-state index in [0.29, 0.717) is 5.02 Å². The number of halogens is 1.